The molecule has 1 aliphatic heterocycles. The number of halogens is 1. The van der Waals surface area contributed by atoms with Crippen LogP contribution in [0, 0.1) is 0 Å². The van der Waals surface area contributed by atoms with Gasteiger partial charge in [0.15, 0.2) is 5.82 Å². The fourth-order valence-electron chi connectivity index (χ4n) is 3.03. The van der Waals surface area contributed by atoms with E-state index in [2.05, 4.69) is 15.5 Å². The molecule has 0 aliphatic carbocycles. The van der Waals surface area contributed by atoms with E-state index in [-0.39, 0.29) is 12.1 Å². The van der Waals surface area contributed by atoms with Crippen molar-refractivity contribution in [1.29, 1.82) is 0 Å². The molecule has 0 spiro atoms. The Labute approximate surface area is 145 Å². The molecule has 1 aliphatic rings. The SMILES string of the molecule is COc1ccc(Cl)cc1CNC(=O)N1CCC[C@H]1c1nncn1C. The first-order chi connectivity index (χ1) is 11.6. The van der Waals surface area contributed by atoms with Gasteiger partial charge in [-0.1, -0.05) is 11.6 Å². The molecule has 1 aromatic carbocycles. The normalized spacial score (nSPS) is 17.1. The largest absolute Gasteiger partial charge is 0.496 e. The lowest BCUT2D eigenvalue weighted by Crippen LogP contribution is -2.39. The van der Waals surface area contributed by atoms with Crippen LogP contribution in [0.5, 0.6) is 5.75 Å². The van der Waals surface area contributed by atoms with Crippen LogP contribution >= 0.6 is 11.6 Å². The second kappa shape index (κ2) is 7.09. The Morgan fingerprint density at radius 1 is 1.50 bits per heavy atom. The number of nitrogens with one attached hydrogen (secondary N) is 1. The summed E-state index contributed by atoms with van der Waals surface area (Å²) >= 11 is 6.03. The third kappa shape index (κ3) is 3.31. The maximum atomic E-state index is 12.6. The number of likely N-dealkylation sites (tertiary alicyclic amines) is 1. The molecule has 2 aromatic rings. The van der Waals surface area contributed by atoms with Crippen molar-refractivity contribution >= 4 is 17.6 Å². The second-order valence-electron chi connectivity index (χ2n) is 5.77. The first-order valence-corrected chi connectivity index (χ1v) is 8.18. The van der Waals surface area contributed by atoms with Crippen LogP contribution < -0.4 is 10.1 Å². The van der Waals surface area contributed by atoms with Crippen molar-refractivity contribution < 1.29 is 9.53 Å². The minimum Gasteiger partial charge on any atom is -0.496 e. The van der Waals surface area contributed by atoms with Gasteiger partial charge in [0.2, 0.25) is 0 Å². The highest BCUT2D eigenvalue weighted by molar-refractivity contribution is 6.30. The highest BCUT2D eigenvalue weighted by Crippen LogP contribution is 2.30. The van der Waals surface area contributed by atoms with Gasteiger partial charge in [-0.25, -0.2) is 4.79 Å². The molecule has 128 valence electrons. The molecule has 1 atom stereocenters. The Kier molecular flexibility index (Phi) is 4.89. The molecule has 3 rings (SSSR count). The summed E-state index contributed by atoms with van der Waals surface area (Å²) in [7, 11) is 3.49. The maximum absolute atomic E-state index is 12.6. The number of aryl methyl sites for hydroxylation is 1. The van der Waals surface area contributed by atoms with E-state index >= 15 is 0 Å². The summed E-state index contributed by atoms with van der Waals surface area (Å²) in [6.07, 6.45) is 3.49. The van der Waals surface area contributed by atoms with Crippen LogP contribution in [0.2, 0.25) is 5.02 Å². The Morgan fingerprint density at radius 3 is 3.04 bits per heavy atom. The molecule has 24 heavy (non-hydrogen) atoms. The third-order valence-corrected chi connectivity index (χ3v) is 4.47. The van der Waals surface area contributed by atoms with Crippen molar-refractivity contribution in [2.24, 2.45) is 7.05 Å². The average Bonchev–Trinajstić information content (AvgIpc) is 3.21. The standard InChI is InChI=1S/C16H20ClN5O2/c1-21-10-19-20-15(21)13-4-3-7-22(13)16(23)18-9-11-8-12(17)5-6-14(11)24-2/h5-6,8,10,13H,3-4,7,9H2,1-2H3,(H,18,23)/t13-/m0/s1. The number of aromatic nitrogens is 3. The minimum atomic E-state index is -0.123. The lowest BCUT2D eigenvalue weighted by atomic mass is 10.2. The molecule has 7 nitrogen and oxygen atoms in total. The summed E-state index contributed by atoms with van der Waals surface area (Å²) in [4.78, 5) is 14.4. The van der Waals surface area contributed by atoms with E-state index in [9.17, 15) is 4.79 Å². The molecule has 0 unspecified atom stereocenters. The van der Waals surface area contributed by atoms with Gasteiger partial charge in [0.1, 0.15) is 12.1 Å². The molecule has 1 N–H and O–H groups in total. The molecule has 2 heterocycles. The van der Waals surface area contributed by atoms with Gasteiger partial charge in [-0.15, -0.1) is 10.2 Å². The molecule has 2 amide bonds. The van der Waals surface area contributed by atoms with Crippen molar-refractivity contribution in [1.82, 2.24) is 25.0 Å². The number of benzene rings is 1. The lowest BCUT2D eigenvalue weighted by molar-refractivity contribution is 0.189. The van der Waals surface area contributed by atoms with Crippen molar-refractivity contribution in [3.05, 3.63) is 40.9 Å². The molecule has 0 saturated carbocycles. The quantitative estimate of drug-likeness (QED) is 0.920. The Balaban J connectivity index is 1.69. The van der Waals surface area contributed by atoms with E-state index in [1.54, 1.807) is 36.5 Å². The fraction of sp³-hybridized carbons (Fsp3) is 0.438. The first kappa shape index (κ1) is 16.6. The number of ether oxygens (including phenoxy) is 1. The zero-order valence-corrected chi connectivity index (χ0v) is 14.5. The monoisotopic (exact) mass is 349 g/mol. The van der Waals surface area contributed by atoms with Crippen LogP contribution in [0.15, 0.2) is 24.5 Å². The maximum Gasteiger partial charge on any atom is 0.318 e. The van der Waals surface area contributed by atoms with Gasteiger partial charge in [-0.3, -0.25) is 0 Å². The summed E-state index contributed by atoms with van der Waals surface area (Å²) in [5, 5.41) is 11.6. The predicted molar refractivity (Wildman–Crippen MR) is 89.9 cm³/mol. The average molecular weight is 350 g/mol. The van der Waals surface area contributed by atoms with Gasteiger partial charge >= 0.3 is 6.03 Å². The van der Waals surface area contributed by atoms with E-state index in [1.807, 2.05) is 11.6 Å². The summed E-state index contributed by atoms with van der Waals surface area (Å²) < 4.78 is 7.17. The number of amides is 2. The number of rotatable bonds is 4. The number of carbonyl (C=O) groups is 1. The van der Waals surface area contributed by atoms with Crippen molar-refractivity contribution in [2.75, 3.05) is 13.7 Å². The summed E-state index contributed by atoms with van der Waals surface area (Å²) in [5.74, 6) is 1.51. The summed E-state index contributed by atoms with van der Waals surface area (Å²) in [5.41, 5.74) is 0.841. The molecule has 1 aromatic heterocycles. The highest BCUT2D eigenvalue weighted by Gasteiger charge is 2.32. The third-order valence-electron chi connectivity index (χ3n) is 4.23. The molecule has 1 saturated heterocycles. The van der Waals surface area contributed by atoms with E-state index < -0.39 is 0 Å². The van der Waals surface area contributed by atoms with Gasteiger partial charge < -0.3 is 19.5 Å². The Bertz CT molecular complexity index is 733. The van der Waals surface area contributed by atoms with E-state index in [0.717, 1.165) is 24.2 Å². The topological polar surface area (TPSA) is 72.3 Å². The number of hydrogen-bond donors (Lipinski definition) is 1. The van der Waals surface area contributed by atoms with Crippen LogP contribution in [0.4, 0.5) is 4.79 Å². The van der Waals surface area contributed by atoms with Crippen LogP contribution in [0.3, 0.4) is 0 Å². The number of hydrogen-bond acceptors (Lipinski definition) is 4. The molecular formula is C16H20ClN5O2. The molecular weight excluding hydrogens is 330 g/mol. The molecule has 8 heteroatoms. The van der Waals surface area contributed by atoms with Gasteiger partial charge in [0.25, 0.3) is 0 Å². The second-order valence-corrected chi connectivity index (χ2v) is 6.20. The first-order valence-electron chi connectivity index (χ1n) is 7.81. The minimum absolute atomic E-state index is 0.0428. The summed E-state index contributed by atoms with van der Waals surface area (Å²) in [6.45, 7) is 1.06. The van der Waals surface area contributed by atoms with Crippen molar-refractivity contribution in [3.8, 4) is 5.75 Å². The van der Waals surface area contributed by atoms with Crippen LogP contribution in [-0.4, -0.2) is 39.4 Å². The summed E-state index contributed by atoms with van der Waals surface area (Å²) in [6, 6.07) is 5.18. The smallest absolute Gasteiger partial charge is 0.318 e. The Morgan fingerprint density at radius 2 is 2.33 bits per heavy atom. The highest BCUT2D eigenvalue weighted by atomic mass is 35.5. The van der Waals surface area contributed by atoms with Crippen LogP contribution in [0.1, 0.15) is 30.3 Å². The van der Waals surface area contributed by atoms with Gasteiger partial charge in [0.05, 0.1) is 13.2 Å². The van der Waals surface area contributed by atoms with Crippen LogP contribution in [0.25, 0.3) is 0 Å². The zero-order chi connectivity index (χ0) is 17.1. The fourth-order valence-corrected chi connectivity index (χ4v) is 3.22. The molecule has 0 radical (unpaired) electrons. The van der Waals surface area contributed by atoms with Crippen LogP contribution in [-0.2, 0) is 13.6 Å². The Hall–Kier alpha value is -2.28. The van der Waals surface area contributed by atoms with Gasteiger partial charge in [0, 0.05) is 30.7 Å². The van der Waals surface area contributed by atoms with Gasteiger partial charge in [-0.2, -0.15) is 0 Å². The van der Waals surface area contributed by atoms with Crippen molar-refractivity contribution in [3.63, 3.8) is 0 Å². The number of urea groups is 1. The molecule has 1 fully saturated rings. The number of carbonyl (C=O) groups excluding carboxylic acids is 1. The number of nitrogens with zero attached hydrogens (tertiary/aromatic N) is 4. The van der Waals surface area contributed by atoms with E-state index in [1.165, 1.54) is 0 Å². The van der Waals surface area contributed by atoms with Crippen molar-refractivity contribution in [2.45, 2.75) is 25.4 Å². The van der Waals surface area contributed by atoms with E-state index in [0.29, 0.717) is 23.9 Å². The lowest BCUT2D eigenvalue weighted by Gasteiger charge is -2.24. The molecule has 0 bridgehead atoms. The zero-order valence-electron chi connectivity index (χ0n) is 13.7. The van der Waals surface area contributed by atoms with E-state index in [4.69, 9.17) is 16.3 Å². The number of methoxy groups -OCH3 is 1. The predicted octanol–water partition coefficient (Wildman–Crippen LogP) is 2.52. The van der Waals surface area contributed by atoms with Gasteiger partial charge in [-0.05, 0) is 31.0 Å².